The maximum atomic E-state index is 10.4. The molecule has 0 amide bonds. The Kier molecular flexibility index (Phi) is 8.32. The van der Waals surface area contributed by atoms with Gasteiger partial charge < -0.3 is 15.2 Å². The van der Waals surface area contributed by atoms with Gasteiger partial charge in [0.25, 0.3) is 0 Å². The van der Waals surface area contributed by atoms with Gasteiger partial charge in [0.2, 0.25) is 0 Å². The van der Waals surface area contributed by atoms with Crippen LogP contribution in [0.15, 0.2) is 72.8 Å². The van der Waals surface area contributed by atoms with Gasteiger partial charge in [-0.2, -0.15) is 0 Å². The van der Waals surface area contributed by atoms with Gasteiger partial charge in [-0.05, 0) is 72.7 Å². The van der Waals surface area contributed by atoms with Crippen molar-refractivity contribution in [2.45, 2.75) is 38.3 Å². The van der Waals surface area contributed by atoms with E-state index in [-0.39, 0.29) is 6.04 Å². The van der Waals surface area contributed by atoms with Gasteiger partial charge in [-0.15, -0.1) is 0 Å². The van der Waals surface area contributed by atoms with Crippen molar-refractivity contribution < 1.29 is 9.84 Å². The molecule has 0 spiro atoms. The van der Waals surface area contributed by atoms with Crippen LogP contribution in [0.2, 0.25) is 5.02 Å². The number of rotatable bonds is 10. The van der Waals surface area contributed by atoms with Crippen molar-refractivity contribution in [3.8, 4) is 5.75 Å². The minimum Gasteiger partial charge on any atom is -0.497 e. The molecular weight excluding hydrogens is 394 g/mol. The highest BCUT2D eigenvalue weighted by Gasteiger charge is 2.10. The lowest BCUT2D eigenvalue weighted by Gasteiger charge is -2.18. The first-order valence-corrected chi connectivity index (χ1v) is 10.8. The molecule has 2 atom stereocenters. The second-order valence-electron chi connectivity index (χ2n) is 7.75. The van der Waals surface area contributed by atoms with Gasteiger partial charge in [0.15, 0.2) is 0 Å². The molecule has 30 heavy (non-hydrogen) atoms. The van der Waals surface area contributed by atoms with Gasteiger partial charge in [-0.3, -0.25) is 0 Å². The summed E-state index contributed by atoms with van der Waals surface area (Å²) in [6.07, 6.45) is 2.39. The summed E-state index contributed by atoms with van der Waals surface area (Å²) in [6, 6.07) is 24.8. The SMILES string of the molecule is COc1ccc(CCc2ccc(CC(C)NCC(O)c3cccc(Cl)c3)cc2)cc1. The minimum absolute atomic E-state index is 0.268. The Balaban J connectivity index is 1.43. The number of ether oxygens (including phenoxy) is 1. The van der Waals surface area contributed by atoms with Gasteiger partial charge >= 0.3 is 0 Å². The molecule has 3 aromatic rings. The second-order valence-corrected chi connectivity index (χ2v) is 8.19. The van der Waals surface area contributed by atoms with Crippen molar-refractivity contribution in [1.82, 2.24) is 5.32 Å². The minimum atomic E-state index is -0.563. The predicted octanol–water partition coefficient (Wildman–Crippen LogP) is 5.39. The van der Waals surface area contributed by atoms with Gasteiger partial charge in [-0.25, -0.2) is 0 Å². The lowest BCUT2D eigenvalue weighted by atomic mass is 10.0. The highest BCUT2D eigenvalue weighted by Crippen LogP contribution is 2.18. The van der Waals surface area contributed by atoms with Crippen LogP contribution in [0.25, 0.3) is 0 Å². The van der Waals surface area contributed by atoms with E-state index in [0.29, 0.717) is 11.6 Å². The molecule has 0 heterocycles. The fraction of sp³-hybridized carbons (Fsp3) is 0.308. The van der Waals surface area contributed by atoms with Gasteiger partial charge in [0.1, 0.15) is 5.75 Å². The average molecular weight is 424 g/mol. The number of halogens is 1. The molecule has 0 aliphatic rings. The van der Waals surface area contributed by atoms with E-state index in [4.69, 9.17) is 16.3 Å². The molecule has 2 unspecified atom stereocenters. The van der Waals surface area contributed by atoms with Crippen LogP contribution >= 0.6 is 11.6 Å². The Hall–Kier alpha value is -2.33. The summed E-state index contributed by atoms with van der Waals surface area (Å²) in [5.74, 6) is 0.894. The Labute approximate surface area is 184 Å². The molecule has 3 aromatic carbocycles. The summed E-state index contributed by atoms with van der Waals surface area (Å²) in [6.45, 7) is 2.64. The molecule has 0 aromatic heterocycles. The van der Waals surface area contributed by atoms with Crippen molar-refractivity contribution in [1.29, 1.82) is 0 Å². The van der Waals surface area contributed by atoms with Crippen LogP contribution in [0.3, 0.4) is 0 Å². The van der Waals surface area contributed by atoms with E-state index in [0.717, 1.165) is 30.6 Å². The zero-order chi connectivity index (χ0) is 21.3. The zero-order valence-corrected chi connectivity index (χ0v) is 18.4. The lowest BCUT2D eigenvalue weighted by Crippen LogP contribution is -2.32. The first-order chi connectivity index (χ1) is 14.5. The van der Waals surface area contributed by atoms with Gasteiger partial charge in [-0.1, -0.05) is 60.1 Å². The molecule has 0 aliphatic carbocycles. The number of nitrogens with one attached hydrogen (secondary N) is 1. The third-order valence-electron chi connectivity index (χ3n) is 5.32. The van der Waals surface area contributed by atoms with E-state index in [1.165, 1.54) is 16.7 Å². The zero-order valence-electron chi connectivity index (χ0n) is 17.6. The third kappa shape index (κ3) is 6.88. The molecule has 158 valence electrons. The maximum Gasteiger partial charge on any atom is 0.118 e. The summed E-state index contributed by atoms with van der Waals surface area (Å²) < 4.78 is 5.21. The normalized spacial score (nSPS) is 13.1. The number of aliphatic hydroxyl groups is 1. The van der Waals surface area contributed by atoms with Crippen LogP contribution < -0.4 is 10.1 Å². The van der Waals surface area contributed by atoms with E-state index in [2.05, 4.69) is 48.6 Å². The highest BCUT2D eigenvalue weighted by atomic mass is 35.5. The number of hydrogen-bond acceptors (Lipinski definition) is 3. The summed E-state index contributed by atoms with van der Waals surface area (Å²) >= 11 is 6.00. The Morgan fingerprint density at radius 1 is 0.900 bits per heavy atom. The largest absolute Gasteiger partial charge is 0.497 e. The number of methoxy groups -OCH3 is 1. The van der Waals surface area contributed by atoms with E-state index in [1.807, 2.05) is 36.4 Å². The number of aryl methyl sites for hydroxylation is 2. The fourth-order valence-corrected chi connectivity index (χ4v) is 3.69. The van der Waals surface area contributed by atoms with E-state index in [9.17, 15) is 5.11 Å². The topological polar surface area (TPSA) is 41.5 Å². The summed E-state index contributed by atoms with van der Waals surface area (Å²) in [5, 5.41) is 14.4. The van der Waals surface area contributed by atoms with Crippen molar-refractivity contribution in [2.24, 2.45) is 0 Å². The van der Waals surface area contributed by atoms with E-state index < -0.39 is 6.10 Å². The third-order valence-corrected chi connectivity index (χ3v) is 5.55. The Morgan fingerprint density at radius 2 is 1.50 bits per heavy atom. The lowest BCUT2D eigenvalue weighted by molar-refractivity contribution is 0.170. The van der Waals surface area contributed by atoms with Crippen LogP contribution in [0, 0.1) is 0 Å². The van der Waals surface area contributed by atoms with E-state index >= 15 is 0 Å². The van der Waals surface area contributed by atoms with Crippen LogP contribution in [-0.4, -0.2) is 24.8 Å². The fourth-order valence-electron chi connectivity index (χ4n) is 3.49. The van der Waals surface area contributed by atoms with Crippen molar-refractivity contribution >= 4 is 11.6 Å². The first-order valence-electron chi connectivity index (χ1n) is 10.4. The number of hydrogen-bond donors (Lipinski definition) is 2. The molecule has 3 rings (SSSR count). The summed E-state index contributed by atoms with van der Waals surface area (Å²) in [7, 11) is 1.69. The van der Waals surface area contributed by atoms with Crippen molar-refractivity contribution in [3.05, 3.63) is 100 Å². The standard InChI is InChI=1S/C26H30ClNO2/c1-19(28-18-26(29)23-4-3-5-24(27)17-23)16-22-10-8-20(9-11-22)6-7-21-12-14-25(30-2)15-13-21/h3-5,8-15,17,19,26,28-29H,6-7,16,18H2,1-2H3. The molecule has 0 bridgehead atoms. The summed E-state index contributed by atoms with van der Waals surface area (Å²) in [4.78, 5) is 0. The van der Waals surface area contributed by atoms with E-state index in [1.54, 1.807) is 7.11 Å². The van der Waals surface area contributed by atoms with Gasteiger partial charge in [0.05, 0.1) is 13.2 Å². The van der Waals surface area contributed by atoms with Gasteiger partial charge in [0, 0.05) is 17.6 Å². The highest BCUT2D eigenvalue weighted by molar-refractivity contribution is 6.30. The quantitative estimate of drug-likeness (QED) is 0.459. The van der Waals surface area contributed by atoms with Crippen molar-refractivity contribution in [3.63, 3.8) is 0 Å². The van der Waals surface area contributed by atoms with Crippen LogP contribution in [0.1, 0.15) is 35.3 Å². The molecule has 0 fully saturated rings. The Bertz CT molecular complexity index is 909. The Morgan fingerprint density at radius 3 is 2.10 bits per heavy atom. The monoisotopic (exact) mass is 423 g/mol. The number of benzene rings is 3. The molecule has 3 nitrogen and oxygen atoms in total. The average Bonchev–Trinajstić information content (AvgIpc) is 2.77. The van der Waals surface area contributed by atoms with Crippen molar-refractivity contribution in [2.75, 3.05) is 13.7 Å². The maximum absolute atomic E-state index is 10.4. The smallest absolute Gasteiger partial charge is 0.118 e. The molecule has 0 saturated carbocycles. The molecule has 4 heteroatoms. The van der Waals surface area contributed by atoms with Crippen LogP contribution in [-0.2, 0) is 19.3 Å². The van der Waals surface area contributed by atoms with Crippen LogP contribution in [0.5, 0.6) is 5.75 Å². The van der Waals surface area contributed by atoms with Crippen LogP contribution in [0.4, 0.5) is 0 Å². The summed E-state index contributed by atoms with van der Waals surface area (Å²) in [5.41, 5.74) is 4.78. The molecule has 2 N–H and O–H groups in total. The molecule has 0 aliphatic heterocycles. The number of aliphatic hydroxyl groups excluding tert-OH is 1. The molecule has 0 radical (unpaired) electrons. The molecular formula is C26H30ClNO2. The molecule has 0 saturated heterocycles. The predicted molar refractivity (Wildman–Crippen MR) is 124 cm³/mol. The first kappa shape index (κ1) is 22.4. The second kappa shape index (κ2) is 11.2.